The minimum atomic E-state index is -1.28. The highest BCUT2D eigenvalue weighted by molar-refractivity contribution is 7.13. The van der Waals surface area contributed by atoms with Crippen LogP contribution in [-0.2, 0) is 6.42 Å². The monoisotopic (exact) mass is 442 g/mol. The van der Waals surface area contributed by atoms with Crippen molar-refractivity contribution in [3.8, 4) is 5.06 Å². The maximum absolute atomic E-state index is 10.6. The largest absolute Gasteiger partial charge is 0.512 e. The number of hydrogen-bond donors (Lipinski definition) is 2. The van der Waals surface area contributed by atoms with E-state index in [4.69, 9.17) is 16.7 Å². The van der Waals surface area contributed by atoms with Crippen LogP contribution in [0.2, 0.25) is 0 Å². The summed E-state index contributed by atoms with van der Waals surface area (Å²) in [7, 11) is 0. The molecule has 164 valence electrons. The van der Waals surface area contributed by atoms with E-state index in [-0.39, 0.29) is 17.4 Å². The summed E-state index contributed by atoms with van der Waals surface area (Å²) in [4.78, 5) is 11.7. The van der Waals surface area contributed by atoms with Gasteiger partial charge in [-0.25, -0.2) is 4.79 Å². The molecule has 1 fully saturated rings. The van der Waals surface area contributed by atoms with Crippen molar-refractivity contribution < 1.29 is 19.7 Å². The van der Waals surface area contributed by atoms with E-state index in [1.165, 1.54) is 49.9 Å². The fourth-order valence-electron chi connectivity index (χ4n) is 4.17. The maximum Gasteiger partial charge on any atom is 0.512 e. The number of hydrogen-bond acceptors (Lipinski definition) is 4. The number of thiophene rings is 1. The van der Waals surface area contributed by atoms with Crippen LogP contribution in [0.4, 0.5) is 4.79 Å². The van der Waals surface area contributed by atoms with Crippen LogP contribution in [0.25, 0.3) is 0 Å². The van der Waals surface area contributed by atoms with Gasteiger partial charge in [-0.2, -0.15) is 0 Å². The molecule has 29 heavy (non-hydrogen) atoms. The SMILES string of the molecule is CCCCCCCCC=C[C@@H]1[C@@H](CCCc2ccc(OC(=O)O)s2)[C@H](Cl)C[C@H]1O. The summed E-state index contributed by atoms with van der Waals surface area (Å²) in [5.41, 5.74) is 0. The maximum atomic E-state index is 10.6. The van der Waals surface area contributed by atoms with E-state index < -0.39 is 6.16 Å². The van der Waals surface area contributed by atoms with E-state index in [1.54, 1.807) is 6.07 Å². The molecule has 0 aromatic carbocycles. The Balaban J connectivity index is 1.73. The van der Waals surface area contributed by atoms with Gasteiger partial charge in [0.25, 0.3) is 0 Å². The van der Waals surface area contributed by atoms with E-state index in [2.05, 4.69) is 23.8 Å². The predicted molar refractivity (Wildman–Crippen MR) is 120 cm³/mol. The first-order chi connectivity index (χ1) is 14.0. The van der Waals surface area contributed by atoms with Gasteiger partial charge in [0, 0.05) is 16.2 Å². The summed E-state index contributed by atoms with van der Waals surface area (Å²) in [5.74, 6) is 0.439. The molecule has 0 spiro atoms. The Hall–Kier alpha value is -1.04. The van der Waals surface area contributed by atoms with E-state index in [0.29, 0.717) is 17.4 Å². The lowest BCUT2D eigenvalue weighted by molar-refractivity contribution is 0.139. The van der Waals surface area contributed by atoms with Crippen LogP contribution in [0.1, 0.15) is 76.0 Å². The number of ether oxygens (including phenoxy) is 1. The number of rotatable bonds is 13. The summed E-state index contributed by atoms with van der Waals surface area (Å²) in [6, 6.07) is 3.62. The number of carboxylic acid groups (broad SMARTS) is 1. The van der Waals surface area contributed by atoms with Crippen molar-refractivity contribution in [2.45, 2.75) is 89.0 Å². The van der Waals surface area contributed by atoms with Crippen LogP contribution >= 0.6 is 22.9 Å². The lowest BCUT2D eigenvalue weighted by atomic mass is 9.89. The van der Waals surface area contributed by atoms with Gasteiger partial charge in [-0.1, -0.05) is 51.2 Å². The smallest absolute Gasteiger partial charge is 0.449 e. The zero-order chi connectivity index (χ0) is 21.1. The number of aryl methyl sites for hydroxylation is 1. The summed E-state index contributed by atoms with van der Waals surface area (Å²) < 4.78 is 4.69. The molecule has 0 bridgehead atoms. The van der Waals surface area contributed by atoms with E-state index in [1.807, 2.05) is 6.07 Å². The summed E-state index contributed by atoms with van der Waals surface area (Å²) in [6.45, 7) is 2.24. The third-order valence-electron chi connectivity index (χ3n) is 5.74. The fraction of sp³-hybridized carbons (Fsp3) is 0.696. The number of aliphatic hydroxyl groups excluding tert-OH is 1. The van der Waals surface area contributed by atoms with Gasteiger partial charge >= 0.3 is 6.16 Å². The molecule has 4 nitrogen and oxygen atoms in total. The average molecular weight is 443 g/mol. The first-order valence-corrected chi connectivity index (χ1v) is 12.2. The van der Waals surface area contributed by atoms with Crippen molar-refractivity contribution in [2.75, 3.05) is 0 Å². The van der Waals surface area contributed by atoms with Gasteiger partial charge in [-0.05, 0) is 56.6 Å². The minimum absolute atomic E-state index is 0.0166. The normalized spacial score (nSPS) is 24.4. The van der Waals surface area contributed by atoms with E-state index in [9.17, 15) is 9.90 Å². The number of carbonyl (C=O) groups is 1. The van der Waals surface area contributed by atoms with Crippen LogP contribution < -0.4 is 4.74 Å². The lowest BCUT2D eigenvalue weighted by Crippen LogP contribution is -2.18. The Morgan fingerprint density at radius 2 is 2.00 bits per heavy atom. The third-order valence-corrected chi connectivity index (χ3v) is 7.26. The molecule has 6 heteroatoms. The molecule has 2 N–H and O–H groups in total. The molecule has 4 atom stereocenters. The number of aliphatic hydroxyl groups is 1. The average Bonchev–Trinajstić information content (AvgIpc) is 3.21. The lowest BCUT2D eigenvalue weighted by Gasteiger charge is -2.20. The third kappa shape index (κ3) is 8.69. The van der Waals surface area contributed by atoms with Gasteiger partial charge in [0.15, 0.2) is 5.06 Å². The van der Waals surface area contributed by atoms with Crippen LogP contribution in [0, 0.1) is 11.8 Å². The zero-order valence-corrected chi connectivity index (χ0v) is 19.0. The highest BCUT2D eigenvalue weighted by atomic mass is 35.5. The first kappa shape index (κ1) is 24.2. The van der Waals surface area contributed by atoms with Crippen LogP contribution in [0.15, 0.2) is 24.3 Å². The molecule has 1 heterocycles. The molecule has 1 aromatic heterocycles. The molecule has 0 saturated heterocycles. The molecule has 0 radical (unpaired) electrons. The van der Waals surface area contributed by atoms with Gasteiger partial charge in [0.2, 0.25) is 0 Å². The number of halogens is 1. The molecule has 1 saturated carbocycles. The van der Waals surface area contributed by atoms with Crippen molar-refractivity contribution in [2.24, 2.45) is 11.8 Å². The minimum Gasteiger partial charge on any atom is -0.449 e. The van der Waals surface area contributed by atoms with Crippen molar-refractivity contribution in [3.63, 3.8) is 0 Å². The quantitative estimate of drug-likeness (QED) is 0.149. The van der Waals surface area contributed by atoms with Gasteiger partial charge in [0.05, 0.1) is 6.10 Å². The number of alkyl halides is 1. The topological polar surface area (TPSA) is 66.8 Å². The number of unbranched alkanes of at least 4 members (excludes halogenated alkanes) is 6. The zero-order valence-electron chi connectivity index (χ0n) is 17.4. The summed E-state index contributed by atoms with van der Waals surface area (Å²) in [5, 5.41) is 19.5. The van der Waals surface area contributed by atoms with Gasteiger partial charge in [-0.3, -0.25) is 0 Å². The second kappa shape index (κ2) is 13.3. The van der Waals surface area contributed by atoms with Gasteiger partial charge in [-0.15, -0.1) is 22.9 Å². The molecule has 2 rings (SSSR count). The summed E-state index contributed by atoms with van der Waals surface area (Å²) >= 11 is 7.92. The predicted octanol–water partition coefficient (Wildman–Crippen LogP) is 7.04. The van der Waals surface area contributed by atoms with Gasteiger partial charge in [0.1, 0.15) is 0 Å². The molecule has 1 aliphatic carbocycles. The van der Waals surface area contributed by atoms with Crippen molar-refractivity contribution in [3.05, 3.63) is 29.2 Å². The molecule has 1 aliphatic rings. The Bertz CT molecular complexity index is 630. The molecule has 1 aromatic rings. The van der Waals surface area contributed by atoms with Crippen LogP contribution in [-0.4, -0.2) is 27.8 Å². The fourth-order valence-corrected chi connectivity index (χ4v) is 5.54. The molecule has 0 aliphatic heterocycles. The molecular weight excluding hydrogens is 408 g/mol. The summed E-state index contributed by atoms with van der Waals surface area (Å²) in [6.07, 6.45) is 15.1. The number of allylic oxidation sites excluding steroid dienone is 1. The first-order valence-electron chi connectivity index (χ1n) is 11.0. The Morgan fingerprint density at radius 1 is 1.24 bits per heavy atom. The Morgan fingerprint density at radius 3 is 2.76 bits per heavy atom. The van der Waals surface area contributed by atoms with Crippen LogP contribution in [0.3, 0.4) is 0 Å². The Labute approximate surface area is 183 Å². The molecular formula is C23H35ClO4S. The standard InChI is InChI=1S/C23H35ClO4S/c1-2-3-4-5-6-7-8-9-12-19-18(20(24)16-21(19)25)13-10-11-17-14-15-22(29-17)28-23(26)27/h9,12,14-15,18-21,25H,2-8,10-11,13,16H2,1H3,(H,26,27)/t18-,19-,20-,21-/m1/s1. The highest BCUT2D eigenvalue weighted by Gasteiger charge is 2.39. The van der Waals surface area contributed by atoms with Gasteiger partial charge < -0.3 is 14.9 Å². The van der Waals surface area contributed by atoms with Crippen molar-refractivity contribution in [1.82, 2.24) is 0 Å². The van der Waals surface area contributed by atoms with Crippen molar-refractivity contribution in [1.29, 1.82) is 0 Å². The second-order valence-electron chi connectivity index (χ2n) is 8.03. The Kier molecular flexibility index (Phi) is 11.1. The van der Waals surface area contributed by atoms with Crippen molar-refractivity contribution >= 4 is 29.1 Å². The van der Waals surface area contributed by atoms with Crippen LogP contribution in [0.5, 0.6) is 5.06 Å². The molecule has 0 unspecified atom stereocenters. The van der Waals surface area contributed by atoms with E-state index in [0.717, 1.165) is 30.6 Å². The highest BCUT2D eigenvalue weighted by Crippen LogP contribution is 2.40. The molecule has 0 amide bonds. The second-order valence-corrected chi connectivity index (χ2v) is 9.72. The van der Waals surface area contributed by atoms with E-state index >= 15 is 0 Å².